The van der Waals surface area contributed by atoms with Gasteiger partial charge < -0.3 is 15.8 Å². The van der Waals surface area contributed by atoms with Gasteiger partial charge >= 0.3 is 0 Å². The molecule has 0 spiro atoms. The van der Waals surface area contributed by atoms with E-state index in [0.717, 1.165) is 38.5 Å². The second-order valence-electron chi connectivity index (χ2n) is 4.85. The molecule has 0 aromatic heterocycles. The summed E-state index contributed by atoms with van der Waals surface area (Å²) in [5.74, 6) is 0.521. The third-order valence-corrected chi connectivity index (χ3v) is 3.13. The van der Waals surface area contributed by atoms with Crippen LogP contribution in [0.4, 0.5) is 0 Å². The lowest BCUT2D eigenvalue weighted by Crippen LogP contribution is -2.53. The molecule has 4 heteroatoms. The van der Waals surface area contributed by atoms with E-state index in [2.05, 4.69) is 5.32 Å². The molecule has 1 rings (SSSR count). The van der Waals surface area contributed by atoms with E-state index in [1.54, 1.807) is 0 Å². The summed E-state index contributed by atoms with van der Waals surface area (Å²) in [6.45, 7) is 6.20. The second kappa shape index (κ2) is 6.21. The highest BCUT2D eigenvalue weighted by atomic mass is 16.5. The van der Waals surface area contributed by atoms with Crippen molar-refractivity contribution in [3.8, 4) is 0 Å². The van der Waals surface area contributed by atoms with Crippen molar-refractivity contribution in [2.24, 2.45) is 11.7 Å². The molecule has 94 valence electrons. The summed E-state index contributed by atoms with van der Waals surface area (Å²) in [6, 6.07) is 0. The Kier molecular flexibility index (Phi) is 5.22. The number of hydrogen-bond acceptors (Lipinski definition) is 3. The molecule has 3 N–H and O–H groups in total. The number of primary amides is 1. The predicted octanol–water partition coefficient (Wildman–Crippen LogP) is 1.05. The van der Waals surface area contributed by atoms with E-state index in [4.69, 9.17) is 10.5 Å². The fourth-order valence-corrected chi connectivity index (χ4v) is 1.75. The highest BCUT2D eigenvalue weighted by Gasteiger charge is 2.29. The van der Waals surface area contributed by atoms with E-state index in [-0.39, 0.29) is 5.91 Å². The van der Waals surface area contributed by atoms with Gasteiger partial charge in [0.1, 0.15) is 0 Å². The Morgan fingerprint density at radius 3 is 2.75 bits per heavy atom. The van der Waals surface area contributed by atoms with Crippen molar-refractivity contribution < 1.29 is 9.53 Å². The van der Waals surface area contributed by atoms with Gasteiger partial charge in [0.25, 0.3) is 0 Å². The van der Waals surface area contributed by atoms with Gasteiger partial charge in [0, 0.05) is 13.2 Å². The van der Waals surface area contributed by atoms with Crippen molar-refractivity contribution in [2.45, 2.75) is 45.1 Å². The van der Waals surface area contributed by atoms with Crippen LogP contribution in [-0.2, 0) is 9.53 Å². The summed E-state index contributed by atoms with van der Waals surface area (Å²) in [4.78, 5) is 11.3. The standard InChI is InChI=1S/C12H24N2O2/c1-3-14-12(2,11(13)15)7-4-8-16-9-10-5-6-10/h10,14H,3-9H2,1-2H3,(H2,13,15). The molecule has 0 aromatic rings. The average Bonchev–Trinajstić information content (AvgIpc) is 3.01. The van der Waals surface area contributed by atoms with Gasteiger partial charge in [0.05, 0.1) is 5.54 Å². The Morgan fingerprint density at radius 2 is 2.25 bits per heavy atom. The van der Waals surface area contributed by atoms with Crippen LogP contribution in [0.15, 0.2) is 0 Å². The Hall–Kier alpha value is -0.610. The molecular weight excluding hydrogens is 204 g/mol. The highest BCUT2D eigenvalue weighted by Crippen LogP contribution is 2.28. The van der Waals surface area contributed by atoms with Gasteiger partial charge in [0.15, 0.2) is 0 Å². The van der Waals surface area contributed by atoms with Crippen LogP contribution in [0.5, 0.6) is 0 Å². The van der Waals surface area contributed by atoms with Gasteiger partial charge in [0.2, 0.25) is 5.91 Å². The molecule has 0 heterocycles. The molecule has 1 aliphatic carbocycles. The Labute approximate surface area is 97.9 Å². The molecule has 0 aliphatic heterocycles. The Morgan fingerprint density at radius 1 is 1.56 bits per heavy atom. The van der Waals surface area contributed by atoms with Crippen LogP contribution in [0.3, 0.4) is 0 Å². The maximum absolute atomic E-state index is 11.3. The normalized spacial score (nSPS) is 19.4. The van der Waals surface area contributed by atoms with Crippen molar-refractivity contribution in [1.82, 2.24) is 5.32 Å². The minimum atomic E-state index is -0.586. The SMILES string of the molecule is CCNC(C)(CCCOCC1CC1)C(N)=O. The molecule has 1 unspecified atom stereocenters. The Bertz CT molecular complexity index is 229. The van der Waals surface area contributed by atoms with Crippen molar-refractivity contribution in [2.75, 3.05) is 19.8 Å². The molecule has 0 saturated heterocycles. The molecule has 16 heavy (non-hydrogen) atoms. The first-order chi connectivity index (χ1) is 7.58. The largest absolute Gasteiger partial charge is 0.381 e. The molecule has 0 aromatic carbocycles. The molecular formula is C12H24N2O2. The van der Waals surface area contributed by atoms with Gasteiger partial charge in [-0.05, 0) is 45.1 Å². The number of ether oxygens (including phenoxy) is 1. The summed E-state index contributed by atoms with van der Waals surface area (Å²) in [6.07, 6.45) is 4.24. The van der Waals surface area contributed by atoms with Crippen LogP contribution < -0.4 is 11.1 Å². The number of rotatable bonds is 9. The van der Waals surface area contributed by atoms with Gasteiger partial charge in [-0.1, -0.05) is 6.92 Å². The predicted molar refractivity (Wildman–Crippen MR) is 64.1 cm³/mol. The van der Waals surface area contributed by atoms with Crippen molar-refractivity contribution in [1.29, 1.82) is 0 Å². The summed E-state index contributed by atoms with van der Waals surface area (Å²) in [7, 11) is 0. The number of carbonyl (C=O) groups excluding carboxylic acids is 1. The maximum Gasteiger partial charge on any atom is 0.237 e. The number of carbonyl (C=O) groups is 1. The van der Waals surface area contributed by atoms with Crippen molar-refractivity contribution >= 4 is 5.91 Å². The summed E-state index contributed by atoms with van der Waals surface area (Å²) >= 11 is 0. The van der Waals surface area contributed by atoms with Crippen LogP contribution in [-0.4, -0.2) is 31.2 Å². The minimum Gasteiger partial charge on any atom is -0.381 e. The zero-order valence-corrected chi connectivity index (χ0v) is 10.4. The quantitative estimate of drug-likeness (QED) is 0.580. The molecule has 0 bridgehead atoms. The summed E-state index contributed by atoms with van der Waals surface area (Å²) in [5, 5.41) is 3.14. The molecule has 1 atom stereocenters. The molecule has 1 saturated carbocycles. The second-order valence-corrected chi connectivity index (χ2v) is 4.85. The van der Waals surface area contributed by atoms with Crippen LogP contribution in [0.2, 0.25) is 0 Å². The third kappa shape index (κ3) is 4.49. The number of nitrogens with one attached hydrogen (secondary N) is 1. The maximum atomic E-state index is 11.3. The first kappa shape index (κ1) is 13.5. The zero-order chi connectivity index (χ0) is 12.0. The van der Waals surface area contributed by atoms with Crippen molar-refractivity contribution in [3.05, 3.63) is 0 Å². The number of hydrogen-bond donors (Lipinski definition) is 2. The van der Waals surface area contributed by atoms with E-state index in [1.165, 1.54) is 12.8 Å². The molecule has 4 nitrogen and oxygen atoms in total. The van der Waals surface area contributed by atoms with Crippen LogP contribution in [0.25, 0.3) is 0 Å². The molecule has 1 fully saturated rings. The first-order valence-electron chi connectivity index (χ1n) is 6.21. The minimum absolute atomic E-state index is 0.281. The first-order valence-corrected chi connectivity index (χ1v) is 6.21. The van der Waals surface area contributed by atoms with E-state index >= 15 is 0 Å². The van der Waals surface area contributed by atoms with Crippen LogP contribution >= 0.6 is 0 Å². The number of likely N-dealkylation sites (N-methyl/N-ethyl adjacent to an activating group) is 1. The molecule has 0 radical (unpaired) electrons. The van der Waals surface area contributed by atoms with E-state index in [9.17, 15) is 4.79 Å². The Balaban J connectivity index is 2.12. The van der Waals surface area contributed by atoms with E-state index in [1.807, 2.05) is 13.8 Å². The summed E-state index contributed by atoms with van der Waals surface area (Å²) < 4.78 is 5.53. The fraction of sp³-hybridized carbons (Fsp3) is 0.917. The van der Waals surface area contributed by atoms with Gasteiger partial charge in [-0.25, -0.2) is 0 Å². The van der Waals surface area contributed by atoms with E-state index in [0.29, 0.717) is 0 Å². The summed E-state index contributed by atoms with van der Waals surface area (Å²) in [5.41, 5.74) is 4.80. The highest BCUT2D eigenvalue weighted by molar-refractivity contribution is 5.84. The van der Waals surface area contributed by atoms with Gasteiger partial charge in [-0.15, -0.1) is 0 Å². The molecule has 1 amide bonds. The van der Waals surface area contributed by atoms with Gasteiger partial charge in [-0.2, -0.15) is 0 Å². The fourth-order valence-electron chi connectivity index (χ4n) is 1.75. The van der Waals surface area contributed by atoms with Crippen LogP contribution in [0, 0.1) is 5.92 Å². The lowest BCUT2D eigenvalue weighted by atomic mass is 9.95. The number of amides is 1. The topological polar surface area (TPSA) is 64.3 Å². The zero-order valence-electron chi connectivity index (χ0n) is 10.4. The smallest absolute Gasteiger partial charge is 0.237 e. The monoisotopic (exact) mass is 228 g/mol. The number of nitrogens with two attached hydrogens (primary N) is 1. The van der Waals surface area contributed by atoms with Crippen LogP contribution in [0.1, 0.15) is 39.5 Å². The lowest BCUT2D eigenvalue weighted by molar-refractivity contribution is -0.124. The third-order valence-electron chi connectivity index (χ3n) is 3.13. The average molecular weight is 228 g/mol. The lowest BCUT2D eigenvalue weighted by Gasteiger charge is -2.26. The van der Waals surface area contributed by atoms with Gasteiger partial charge in [-0.3, -0.25) is 4.79 Å². The molecule has 1 aliphatic rings. The van der Waals surface area contributed by atoms with Crippen molar-refractivity contribution in [3.63, 3.8) is 0 Å². The van der Waals surface area contributed by atoms with E-state index < -0.39 is 5.54 Å².